The Bertz CT molecular complexity index is 306. The molecule has 0 amide bonds. The molecule has 0 bridgehead atoms. The van der Waals surface area contributed by atoms with Crippen molar-refractivity contribution in [3.63, 3.8) is 0 Å². The van der Waals surface area contributed by atoms with E-state index in [-0.39, 0.29) is 49.4 Å². The molecule has 18 heavy (non-hydrogen) atoms. The summed E-state index contributed by atoms with van der Waals surface area (Å²) in [5.74, 6) is 0. The molecule has 7 nitrogen and oxygen atoms in total. The van der Waals surface area contributed by atoms with Crippen molar-refractivity contribution in [1.82, 2.24) is 0 Å². The third-order valence-electron chi connectivity index (χ3n) is 1.69. The van der Waals surface area contributed by atoms with Crippen LogP contribution in [0.4, 0.5) is 0 Å². The molecule has 0 saturated carbocycles. The zero-order chi connectivity index (χ0) is 13.3. The van der Waals surface area contributed by atoms with E-state index in [1.54, 1.807) is 0 Å². The van der Waals surface area contributed by atoms with Crippen LogP contribution in [0.15, 0.2) is 12.7 Å². The van der Waals surface area contributed by atoms with Crippen LogP contribution in [-0.2, 0) is 24.6 Å². The van der Waals surface area contributed by atoms with Crippen molar-refractivity contribution in [2.75, 3.05) is 26.4 Å². The second-order valence-corrected chi connectivity index (χ2v) is 5.14. The van der Waals surface area contributed by atoms with Gasteiger partial charge in [-0.1, -0.05) is 6.08 Å². The van der Waals surface area contributed by atoms with Gasteiger partial charge in [-0.05, 0) is 6.92 Å². The van der Waals surface area contributed by atoms with Crippen LogP contribution >= 0.6 is 0 Å². The molecule has 9 heteroatoms. The zero-order valence-electron chi connectivity index (χ0n) is 10.6. The van der Waals surface area contributed by atoms with Crippen LogP contribution in [0.25, 0.3) is 0 Å². The van der Waals surface area contributed by atoms with Crippen molar-refractivity contribution in [1.29, 1.82) is 0 Å². The monoisotopic (exact) mass is 292 g/mol. The maximum Gasteiger partial charge on any atom is 1.00 e. The molecular formula is C9H17NaO7S. The Hall–Kier alpha value is 0.490. The smallest absolute Gasteiger partial charge is 0.748 e. The van der Waals surface area contributed by atoms with Gasteiger partial charge in [-0.25, -0.2) is 18.2 Å². The third-order valence-corrected chi connectivity index (χ3v) is 2.81. The minimum absolute atomic E-state index is 0. The zero-order valence-corrected chi connectivity index (χ0v) is 13.4. The van der Waals surface area contributed by atoms with Gasteiger partial charge in [0, 0.05) is 0 Å². The van der Waals surface area contributed by atoms with Crippen LogP contribution in [0.5, 0.6) is 0 Å². The molecule has 0 fully saturated rings. The number of aliphatic hydroxyl groups is 1. The normalized spacial score (nSPS) is 14.6. The van der Waals surface area contributed by atoms with E-state index in [4.69, 9.17) is 4.74 Å². The summed E-state index contributed by atoms with van der Waals surface area (Å²) in [6.45, 7) is 4.42. The van der Waals surface area contributed by atoms with Gasteiger partial charge in [-0.3, -0.25) is 0 Å². The van der Waals surface area contributed by atoms with Gasteiger partial charge in [0.05, 0.1) is 35.2 Å². The molecule has 0 rings (SSSR count). The molecule has 102 valence electrons. The molecule has 0 saturated heterocycles. The van der Waals surface area contributed by atoms with E-state index in [0.717, 1.165) is 0 Å². The van der Waals surface area contributed by atoms with Gasteiger partial charge >= 0.3 is 29.6 Å². The van der Waals surface area contributed by atoms with Crippen LogP contribution < -0.4 is 29.6 Å². The topological polar surface area (TPSA) is 105 Å². The van der Waals surface area contributed by atoms with Crippen LogP contribution in [0, 0.1) is 0 Å². The molecule has 2 atom stereocenters. The van der Waals surface area contributed by atoms with Gasteiger partial charge in [-0.15, -0.1) is 6.58 Å². The van der Waals surface area contributed by atoms with Crippen molar-refractivity contribution < 1.29 is 62.1 Å². The van der Waals surface area contributed by atoms with Gasteiger partial charge in [0.2, 0.25) is 0 Å². The Labute approximate surface area is 129 Å². The summed E-state index contributed by atoms with van der Waals surface area (Å²) >= 11 is 0. The van der Waals surface area contributed by atoms with Gasteiger partial charge in [0.1, 0.15) is 12.7 Å². The van der Waals surface area contributed by atoms with Gasteiger partial charge in [0.15, 0.2) is 0 Å². The van der Waals surface area contributed by atoms with Crippen molar-refractivity contribution >= 4 is 10.1 Å². The minimum Gasteiger partial charge on any atom is -0.748 e. The predicted molar refractivity (Wildman–Crippen MR) is 58.1 cm³/mol. The van der Waals surface area contributed by atoms with E-state index in [9.17, 15) is 18.1 Å². The molecule has 0 aliphatic carbocycles. The average molecular weight is 292 g/mol. The Morgan fingerprint density at radius 2 is 1.89 bits per heavy atom. The second-order valence-electron chi connectivity index (χ2n) is 3.35. The minimum atomic E-state index is -4.37. The molecule has 0 aliphatic heterocycles. The Morgan fingerprint density at radius 3 is 2.39 bits per heavy atom. The van der Waals surface area contributed by atoms with Gasteiger partial charge < -0.3 is 14.4 Å². The standard InChI is InChI=1S/C9H18O7S.Na/c1-3-4-14-6-9(10)7-16-15-5-8(2)17(11,12)13;/h3,8-10H,1,4-7H2,2H3,(H,11,12,13);/q;+1/p-1. The first-order valence-electron chi connectivity index (χ1n) is 4.93. The fraction of sp³-hybridized carbons (Fsp3) is 0.778. The molecule has 0 aromatic heterocycles. The maximum atomic E-state index is 10.5. The van der Waals surface area contributed by atoms with Crippen LogP contribution in [0.2, 0.25) is 0 Å². The van der Waals surface area contributed by atoms with E-state index < -0.39 is 21.5 Å². The molecule has 0 spiro atoms. The summed E-state index contributed by atoms with van der Waals surface area (Å²) in [7, 11) is -4.37. The van der Waals surface area contributed by atoms with E-state index >= 15 is 0 Å². The molecule has 0 aromatic rings. The van der Waals surface area contributed by atoms with Crippen LogP contribution in [-0.4, -0.2) is 55.9 Å². The average Bonchev–Trinajstić information content (AvgIpc) is 2.23. The number of hydrogen-bond donors (Lipinski definition) is 1. The molecular weight excluding hydrogens is 275 g/mol. The number of rotatable bonds is 10. The van der Waals surface area contributed by atoms with E-state index in [1.165, 1.54) is 13.0 Å². The second kappa shape index (κ2) is 11.3. The molecule has 2 unspecified atom stereocenters. The first kappa shape index (κ1) is 20.8. The van der Waals surface area contributed by atoms with Crippen molar-refractivity contribution in [3.05, 3.63) is 12.7 Å². The fourth-order valence-electron chi connectivity index (χ4n) is 0.689. The summed E-state index contributed by atoms with van der Waals surface area (Å²) < 4.78 is 36.3. The molecule has 1 N–H and O–H groups in total. The largest absolute Gasteiger partial charge is 1.00 e. The molecule has 0 radical (unpaired) electrons. The molecule has 0 heterocycles. The van der Waals surface area contributed by atoms with E-state index in [2.05, 4.69) is 16.4 Å². The third kappa shape index (κ3) is 11.6. The first-order valence-corrected chi connectivity index (χ1v) is 6.41. The van der Waals surface area contributed by atoms with Crippen molar-refractivity contribution in [2.24, 2.45) is 0 Å². The Morgan fingerprint density at radius 1 is 1.33 bits per heavy atom. The fourth-order valence-corrected chi connectivity index (χ4v) is 0.912. The molecule has 0 aliphatic rings. The van der Waals surface area contributed by atoms with Crippen molar-refractivity contribution in [3.8, 4) is 0 Å². The summed E-state index contributed by atoms with van der Waals surface area (Å²) in [4.78, 5) is 9.02. The SMILES string of the molecule is C=CCOCC(O)COOCC(C)S(=O)(=O)[O-].[Na+]. The number of aliphatic hydroxyl groups excluding tert-OH is 1. The Balaban J connectivity index is 0. The number of hydrogen-bond acceptors (Lipinski definition) is 7. The number of ether oxygens (including phenoxy) is 1. The summed E-state index contributed by atoms with van der Waals surface area (Å²) in [5.41, 5.74) is 0. The van der Waals surface area contributed by atoms with Crippen LogP contribution in [0.3, 0.4) is 0 Å². The van der Waals surface area contributed by atoms with E-state index in [1.807, 2.05) is 0 Å². The van der Waals surface area contributed by atoms with Gasteiger partial charge in [-0.2, -0.15) is 0 Å². The quantitative estimate of drug-likeness (QED) is 0.111. The summed E-state index contributed by atoms with van der Waals surface area (Å²) in [6.07, 6.45) is 0.638. The summed E-state index contributed by atoms with van der Waals surface area (Å²) in [5, 5.41) is 8.06. The van der Waals surface area contributed by atoms with Crippen molar-refractivity contribution in [2.45, 2.75) is 18.3 Å². The summed E-state index contributed by atoms with van der Waals surface area (Å²) in [6, 6.07) is 0. The maximum absolute atomic E-state index is 10.5. The van der Waals surface area contributed by atoms with E-state index in [0.29, 0.717) is 6.61 Å². The Kier molecular flexibility index (Phi) is 13.1. The van der Waals surface area contributed by atoms with Gasteiger partial charge in [0.25, 0.3) is 0 Å². The molecule has 0 aromatic carbocycles. The van der Waals surface area contributed by atoms with Crippen LogP contribution in [0.1, 0.15) is 6.92 Å². The predicted octanol–water partition coefficient (Wildman–Crippen LogP) is -3.56. The first-order chi connectivity index (χ1) is 7.88.